The molecule has 4 nitrogen and oxygen atoms in total. The molecule has 0 unspecified atom stereocenters. The van der Waals surface area contributed by atoms with Gasteiger partial charge in [0.2, 0.25) is 5.91 Å². The molecule has 3 N–H and O–H groups in total. The zero-order valence-corrected chi connectivity index (χ0v) is 7.60. The Balaban J connectivity index is 2.32. The molecule has 1 aromatic heterocycles. The van der Waals surface area contributed by atoms with Crippen LogP contribution in [0, 0.1) is 0 Å². The van der Waals surface area contributed by atoms with E-state index >= 15 is 0 Å². The lowest BCUT2D eigenvalue weighted by atomic mass is 10.3. The van der Waals surface area contributed by atoms with E-state index in [0.29, 0.717) is 6.54 Å². The van der Waals surface area contributed by atoms with Gasteiger partial charge in [-0.15, -0.1) is 11.3 Å². The quantitative estimate of drug-likeness (QED) is 0.702. The SMILES string of the molecule is C[C@@H](N)C(=O)NCc1cncs1. The van der Waals surface area contributed by atoms with Gasteiger partial charge in [0.05, 0.1) is 18.1 Å². The van der Waals surface area contributed by atoms with Crippen molar-refractivity contribution in [2.75, 3.05) is 0 Å². The second-order valence-electron chi connectivity index (χ2n) is 2.47. The number of rotatable bonds is 3. The highest BCUT2D eigenvalue weighted by molar-refractivity contribution is 7.09. The van der Waals surface area contributed by atoms with Gasteiger partial charge >= 0.3 is 0 Å². The van der Waals surface area contributed by atoms with Crippen LogP contribution in [0.4, 0.5) is 0 Å². The van der Waals surface area contributed by atoms with E-state index in [0.717, 1.165) is 4.88 Å². The molecule has 1 heterocycles. The van der Waals surface area contributed by atoms with Crippen molar-refractivity contribution in [2.45, 2.75) is 19.5 Å². The number of thiazole rings is 1. The summed E-state index contributed by atoms with van der Waals surface area (Å²) in [5, 5.41) is 2.69. The molecular formula is C7H11N3OS. The number of carbonyl (C=O) groups is 1. The molecule has 0 saturated carbocycles. The summed E-state index contributed by atoms with van der Waals surface area (Å²) in [4.78, 5) is 15.9. The fourth-order valence-electron chi connectivity index (χ4n) is 0.665. The predicted molar refractivity (Wildman–Crippen MR) is 47.6 cm³/mol. The van der Waals surface area contributed by atoms with E-state index < -0.39 is 6.04 Å². The molecule has 0 aliphatic rings. The summed E-state index contributed by atoms with van der Waals surface area (Å²) < 4.78 is 0. The highest BCUT2D eigenvalue weighted by Crippen LogP contribution is 2.03. The maximum absolute atomic E-state index is 11.0. The summed E-state index contributed by atoms with van der Waals surface area (Å²) in [6.45, 7) is 2.17. The minimum Gasteiger partial charge on any atom is -0.350 e. The van der Waals surface area contributed by atoms with Crippen LogP contribution in [0.3, 0.4) is 0 Å². The molecule has 1 rings (SSSR count). The van der Waals surface area contributed by atoms with E-state index in [9.17, 15) is 4.79 Å². The Hall–Kier alpha value is -0.940. The van der Waals surface area contributed by atoms with E-state index in [1.807, 2.05) is 0 Å². The fraction of sp³-hybridized carbons (Fsp3) is 0.429. The zero-order chi connectivity index (χ0) is 8.97. The Morgan fingerprint density at radius 2 is 2.67 bits per heavy atom. The number of amides is 1. The molecule has 12 heavy (non-hydrogen) atoms. The molecule has 1 aromatic rings. The van der Waals surface area contributed by atoms with Gasteiger partial charge in [-0.1, -0.05) is 0 Å². The third-order valence-corrected chi connectivity index (χ3v) is 2.11. The van der Waals surface area contributed by atoms with Gasteiger partial charge in [0.25, 0.3) is 0 Å². The van der Waals surface area contributed by atoms with Crippen LogP contribution in [-0.4, -0.2) is 16.9 Å². The first kappa shape index (κ1) is 9.15. The molecule has 0 bridgehead atoms. The third kappa shape index (κ3) is 2.60. The molecule has 5 heteroatoms. The number of nitrogens with one attached hydrogen (secondary N) is 1. The molecule has 0 radical (unpaired) electrons. The third-order valence-electron chi connectivity index (χ3n) is 1.33. The molecule has 0 aliphatic heterocycles. The van der Waals surface area contributed by atoms with Gasteiger partial charge in [0.15, 0.2) is 0 Å². The van der Waals surface area contributed by atoms with Crippen molar-refractivity contribution >= 4 is 17.2 Å². The Kier molecular flexibility index (Phi) is 3.19. The predicted octanol–water partition coefficient (Wildman–Crippen LogP) is 0.107. The Bertz CT molecular complexity index is 245. The smallest absolute Gasteiger partial charge is 0.236 e. The molecule has 66 valence electrons. The number of nitrogens with two attached hydrogens (primary N) is 1. The van der Waals surface area contributed by atoms with E-state index in [1.165, 1.54) is 11.3 Å². The largest absolute Gasteiger partial charge is 0.350 e. The van der Waals surface area contributed by atoms with E-state index in [1.54, 1.807) is 18.6 Å². The first-order valence-corrected chi connectivity index (χ1v) is 4.49. The summed E-state index contributed by atoms with van der Waals surface area (Å²) in [5.74, 6) is -0.136. The number of carbonyl (C=O) groups excluding carboxylic acids is 1. The fourth-order valence-corrected chi connectivity index (χ4v) is 1.20. The standard InChI is InChI=1S/C7H11N3OS/c1-5(8)7(11)10-3-6-2-9-4-12-6/h2,4-5H,3,8H2,1H3,(H,10,11)/t5-/m1/s1. The maximum atomic E-state index is 11.0. The minimum atomic E-state index is -0.446. The lowest BCUT2D eigenvalue weighted by molar-refractivity contribution is -0.122. The molecular weight excluding hydrogens is 174 g/mol. The van der Waals surface area contributed by atoms with Crippen LogP contribution in [0.5, 0.6) is 0 Å². The molecule has 0 aromatic carbocycles. The van der Waals surface area contributed by atoms with Crippen molar-refractivity contribution < 1.29 is 4.79 Å². The van der Waals surface area contributed by atoms with E-state index in [2.05, 4.69) is 10.3 Å². The summed E-state index contributed by atoms with van der Waals surface area (Å²) in [6, 6.07) is -0.446. The number of nitrogens with zero attached hydrogens (tertiary/aromatic N) is 1. The lowest BCUT2D eigenvalue weighted by Gasteiger charge is -2.04. The van der Waals surface area contributed by atoms with Crippen molar-refractivity contribution in [3.63, 3.8) is 0 Å². The van der Waals surface area contributed by atoms with Crippen molar-refractivity contribution in [1.82, 2.24) is 10.3 Å². The molecule has 1 atom stereocenters. The summed E-state index contributed by atoms with van der Waals surface area (Å²) in [7, 11) is 0. The van der Waals surface area contributed by atoms with Crippen molar-refractivity contribution in [2.24, 2.45) is 5.73 Å². The van der Waals surface area contributed by atoms with Crippen molar-refractivity contribution in [3.8, 4) is 0 Å². The van der Waals surface area contributed by atoms with Crippen LogP contribution >= 0.6 is 11.3 Å². The minimum absolute atomic E-state index is 0.136. The summed E-state index contributed by atoms with van der Waals surface area (Å²) in [5.41, 5.74) is 7.08. The highest BCUT2D eigenvalue weighted by atomic mass is 32.1. The molecule has 0 spiro atoms. The Morgan fingerprint density at radius 3 is 3.17 bits per heavy atom. The van der Waals surface area contributed by atoms with E-state index in [-0.39, 0.29) is 5.91 Å². The first-order valence-electron chi connectivity index (χ1n) is 3.61. The van der Waals surface area contributed by atoms with E-state index in [4.69, 9.17) is 5.73 Å². The first-order chi connectivity index (χ1) is 5.70. The van der Waals surface area contributed by atoms with Crippen molar-refractivity contribution in [3.05, 3.63) is 16.6 Å². The second kappa shape index (κ2) is 4.18. The van der Waals surface area contributed by atoms with Crippen LogP contribution in [-0.2, 0) is 11.3 Å². The van der Waals surface area contributed by atoms with Gasteiger partial charge < -0.3 is 11.1 Å². The molecule has 0 aliphatic carbocycles. The lowest BCUT2D eigenvalue weighted by Crippen LogP contribution is -2.37. The maximum Gasteiger partial charge on any atom is 0.236 e. The Labute approximate surface area is 74.8 Å². The van der Waals surface area contributed by atoms with Crippen LogP contribution in [0.2, 0.25) is 0 Å². The second-order valence-corrected chi connectivity index (χ2v) is 3.45. The molecule has 0 saturated heterocycles. The monoisotopic (exact) mass is 185 g/mol. The van der Waals surface area contributed by atoms with Crippen LogP contribution in [0.25, 0.3) is 0 Å². The van der Waals surface area contributed by atoms with Crippen molar-refractivity contribution in [1.29, 1.82) is 0 Å². The number of aromatic nitrogens is 1. The van der Waals surface area contributed by atoms with Gasteiger partial charge in [-0.25, -0.2) is 0 Å². The number of hydrogen-bond donors (Lipinski definition) is 2. The average molecular weight is 185 g/mol. The van der Waals surface area contributed by atoms with Gasteiger partial charge in [0, 0.05) is 11.1 Å². The van der Waals surface area contributed by atoms with Gasteiger partial charge in [0.1, 0.15) is 0 Å². The average Bonchev–Trinajstić information content (AvgIpc) is 2.51. The summed E-state index contributed by atoms with van der Waals surface area (Å²) >= 11 is 1.51. The summed E-state index contributed by atoms with van der Waals surface area (Å²) in [6.07, 6.45) is 1.73. The Morgan fingerprint density at radius 1 is 1.92 bits per heavy atom. The van der Waals surface area contributed by atoms with Gasteiger partial charge in [-0.2, -0.15) is 0 Å². The van der Waals surface area contributed by atoms with Crippen LogP contribution in [0.15, 0.2) is 11.7 Å². The number of hydrogen-bond acceptors (Lipinski definition) is 4. The molecule has 0 fully saturated rings. The normalized spacial score (nSPS) is 12.5. The topological polar surface area (TPSA) is 68.0 Å². The zero-order valence-electron chi connectivity index (χ0n) is 6.78. The molecule has 1 amide bonds. The van der Waals surface area contributed by atoms with Gasteiger partial charge in [-0.3, -0.25) is 9.78 Å². The highest BCUT2D eigenvalue weighted by Gasteiger charge is 2.05. The van der Waals surface area contributed by atoms with Gasteiger partial charge in [-0.05, 0) is 6.92 Å². The van der Waals surface area contributed by atoms with Crippen LogP contribution in [0.1, 0.15) is 11.8 Å². The van der Waals surface area contributed by atoms with Crippen LogP contribution < -0.4 is 11.1 Å².